The highest BCUT2D eigenvalue weighted by Gasteiger charge is 2.09. The van der Waals surface area contributed by atoms with Crippen molar-refractivity contribution in [2.75, 3.05) is 30.9 Å². The number of para-hydroxylation sites is 1. The van der Waals surface area contributed by atoms with E-state index in [0.717, 1.165) is 11.4 Å². The molecule has 1 heterocycles. The van der Waals surface area contributed by atoms with E-state index in [-0.39, 0.29) is 12.1 Å². The lowest BCUT2D eigenvalue weighted by molar-refractivity contribution is 0.165. The SMILES string of the molecule is CN(C)c1ccc(NC[C@@H](O)Cn2cnc3ccccc3c2=O)cc1. The minimum absolute atomic E-state index is 0.139. The van der Waals surface area contributed by atoms with Crippen LogP contribution in [0.4, 0.5) is 11.4 Å². The van der Waals surface area contributed by atoms with Crippen LogP contribution in [-0.4, -0.2) is 41.4 Å². The van der Waals surface area contributed by atoms with Crippen molar-refractivity contribution in [1.82, 2.24) is 9.55 Å². The summed E-state index contributed by atoms with van der Waals surface area (Å²) in [6.45, 7) is 0.542. The van der Waals surface area contributed by atoms with Crippen molar-refractivity contribution < 1.29 is 5.11 Å². The Kier molecular flexibility index (Phi) is 5.00. The van der Waals surface area contributed by atoms with Gasteiger partial charge in [0.2, 0.25) is 0 Å². The molecular formula is C19H22N4O2. The molecule has 25 heavy (non-hydrogen) atoms. The molecular weight excluding hydrogens is 316 g/mol. The van der Waals surface area contributed by atoms with Crippen LogP contribution < -0.4 is 15.8 Å². The first-order valence-corrected chi connectivity index (χ1v) is 8.18. The molecule has 1 aromatic heterocycles. The molecule has 3 aromatic rings. The molecule has 0 aliphatic rings. The molecule has 130 valence electrons. The Labute approximate surface area is 146 Å². The standard InChI is InChI=1S/C19H22N4O2/c1-22(2)15-9-7-14(8-10-15)20-11-16(24)12-23-13-21-18-6-4-3-5-17(18)19(23)25/h3-10,13,16,20,24H,11-12H2,1-2H3/t16-/m1/s1. The van der Waals surface area contributed by atoms with Gasteiger partial charge in [0.15, 0.2) is 0 Å². The first kappa shape index (κ1) is 17.0. The fourth-order valence-corrected chi connectivity index (χ4v) is 2.64. The smallest absolute Gasteiger partial charge is 0.261 e. The number of rotatable bonds is 6. The average molecular weight is 338 g/mol. The molecule has 2 aromatic carbocycles. The predicted molar refractivity (Wildman–Crippen MR) is 101 cm³/mol. The molecule has 0 radical (unpaired) electrons. The van der Waals surface area contributed by atoms with Gasteiger partial charge in [0.05, 0.1) is 29.9 Å². The number of hydrogen-bond donors (Lipinski definition) is 2. The third kappa shape index (κ3) is 3.97. The lowest BCUT2D eigenvalue weighted by Crippen LogP contribution is -2.31. The van der Waals surface area contributed by atoms with Crippen LogP contribution in [0.3, 0.4) is 0 Å². The Bertz CT molecular complexity index is 903. The van der Waals surface area contributed by atoms with E-state index in [0.29, 0.717) is 17.4 Å². The van der Waals surface area contributed by atoms with E-state index in [1.807, 2.05) is 55.4 Å². The van der Waals surface area contributed by atoms with Gasteiger partial charge in [-0.1, -0.05) is 12.1 Å². The van der Waals surface area contributed by atoms with Gasteiger partial charge < -0.3 is 15.3 Å². The topological polar surface area (TPSA) is 70.4 Å². The molecule has 0 saturated carbocycles. The second-order valence-electron chi connectivity index (χ2n) is 6.20. The number of fused-ring (bicyclic) bond motifs is 1. The minimum Gasteiger partial charge on any atom is -0.389 e. The second-order valence-corrected chi connectivity index (χ2v) is 6.20. The van der Waals surface area contributed by atoms with Gasteiger partial charge in [-0.25, -0.2) is 4.98 Å². The Balaban J connectivity index is 1.63. The Hall–Kier alpha value is -2.86. The lowest BCUT2D eigenvalue weighted by atomic mass is 10.2. The summed E-state index contributed by atoms with van der Waals surface area (Å²) >= 11 is 0. The summed E-state index contributed by atoms with van der Waals surface area (Å²) in [5.74, 6) is 0. The fraction of sp³-hybridized carbons (Fsp3) is 0.263. The van der Waals surface area contributed by atoms with Crippen molar-refractivity contribution in [2.45, 2.75) is 12.6 Å². The van der Waals surface area contributed by atoms with E-state index in [4.69, 9.17) is 0 Å². The zero-order valence-electron chi connectivity index (χ0n) is 14.4. The number of nitrogens with one attached hydrogen (secondary N) is 1. The summed E-state index contributed by atoms with van der Waals surface area (Å²) < 4.78 is 1.45. The predicted octanol–water partition coefficient (Wildman–Crippen LogP) is 1.94. The zero-order valence-corrected chi connectivity index (χ0v) is 14.4. The summed E-state index contributed by atoms with van der Waals surface area (Å²) in [5, 5.41) is 14.0. The average Bonchev–Trinajstić information content (AvgIpc) is 2.63. The molecule has 6 heteroatoms. The van der Waals surface area contributed by atoms with Crippen LogP contribution in [0, 0.1) is 0 Å². The second kappa shape index (κ2) is 7.36. The van der Waals surface area contributed by atoms with Crippen LogP contribution in [0.1, 0.15) is 0 Å². The van der Waals surface area contributed by atoms with Gasteiger partial charge in [0, 0.05) is 32.0 Å². The third-order valence-electron chi connectivity index (χ3n) is 4.06. The van der Waals surface area contributed by atoms with Gasteiger partial charge in [0.25, 0.3) is 5.56 Å². The summed E-state index contributed by atoms with van der Waals surface area (Å²) in [6, 6.07) is 15.1. The van der Waals surface area contributed by atoms with Crippen molar-refractivity contribution in [2.24, 2.45) is 0 Å². The van der Waals surface area contributed by atoms with Crippen molar-refractivity contribution in [3.05, 3.63) is 65.2 Å². The summed E-state index contributed by atoms with van der Waals surface area (Å²) in [5.41, 5.74) is 2.56. The molecule has 0 amide bonds. The number of nitrogens with zero attached hydrogens (tertiary/aromatic N) is 3. The number of benzene rings is 2. The summed E-state index contributed by atoms with van der Waals surface area (Å²) in [4.78, 5) is 18.7. The summed E-state index contributed by atoms with van der Waals surface area (Å²) in [6.07, 6.45) is 0.786. The normalized spacial score (nSPS) is 12.1. The van der Waals surface area contributed by atoms with Crippen LogP contribution >= 0.6 is 0 Å². The Morgan fingerprint density at radius 1 is 1.16 bits per heavy atom. The number of anilines is 2. The quantitative estimate of drug-likeness (QED) is 0.719. The van der Waals surface area contributed by atoms with Crippen LogP contribution in [0.5, 0.6) is 0 Å². The first-order valence-electron chi connectivity index (χ1n) is 8.18. The molecule has 3 rings (SSSR count). The molecule has 2 N–H and O–H groups in total. The van der Waals surface area contributed by atoms with E-state index in [2.05, 4.69) is 10.3 Å². The van der Waals surface area contributed by atoms with Gasteiger partial charge >= 0.3 is 0 Å². The van der Waals surface area contributed by atoms with Crippen LogP contribution in [0.2, 0.25) is 0 Å². The molecule has 0 saturated heterocycles. The van der Waals surface area contributed by atoms with Crippen molar-refractivity contribution in [3.8, 4) is 0 Å². The monoisotopic (exact) mass is 338 g/mol. The molecule has 0 aliphatic carbocycles. The third-order valence-corrected chi connectivity index (χ3v) is 4.06. The van der Waals surface area contributed by atoms with Crippen LogP contribution in [0.15, 0.2) is 59.7 Å². The molecule has 6 nitrogen and oxygen atoms in total. The highest BCUT2D eigenvalue weighted by Crippen LogP contribution is 2.15. The van der Waals surface area contributed by atoms with Gasteiger partial charge in [-0.05, 0) is 36.4 Å². The molecule has 1 atom stereocenters. The Morgan fingerprint density at radius 2 is 1.88 bits per heavy atom. The Morgan fingerprint density at radius 3 is 2.60 bits per heavy atom. The first-order chi connectivity index (χ1) is 12.0. The maximum absolute atomic E-state index is 12.4. The largest absolute Gasteiger partial charge is 0.389 e. The van der Waals surface area contributed by atoms with Crippen LogP contribution in [-0.2, 0) is 6.54 Å². The van der Waals surface area contributed by atoms with Crippen molar-refractivity contribution >= 4 is 22.3 Å². The number of aromatic nitrogens is 2. The molecule has 0 aliphatic heterocycles. The molecule has 0 bridgehead atoms. The van der Waals surface area contributed by atoms with E-state index in [1.165, 1.54) is 10.9 Å². The van der Waals surface area contributed by atoms with E-state index < -0.39 is 6.10 Å². The number of aliphatic hydroxyl groups is 1. The van der Waals surface area contributed by atoms with Gasteiger partial charge in [-0.15, -0.1) is 0 Å². The van der Waals surface area contributed by atoms with E-state index in [1.54, 1.807) is 12.1 Å². The highest BCUT2D eigenvalue weighted by atomic mass is 16.3. The lowest BCUT2D eigenvalue weighted by Gasteiger charge is -2.16. The number of hydrogen-bond acceptors (Lipinski definition) is 5. The van der Waals surface area contributed by atoms with E-state index in [9.17, 15) is 9.90 Å². The van der Waals surface area contributed by atoms with Crippen molar-refractivity contribution in [3.63, 3.8) is 0 Å². The fourth-order valence-electron chi connectivity index (χ4n) is 2.64. The maximum atomic E-state index is 12.4. The number of aliphatic hydroxyl groups excluding tert-OH is 1. The van der Waals surface area contributed by atoms with Gasteiger partial charge in [0.1, 0.15) is 0 Å². The van der Waals surface area contributed by atoms with Gasteiger partial charge in [-0.3, -0.25) is 9.36 Å². The summed E-state index contributed by atoms with van der Waals surface area (Å²) in [7, 11) is 3.98. The van der Waals surface area contributed by atoms with E-state index >= 15 is 0 Å². The van der Waals surface area contributed by atoms with Crippen LogP contribution in [0.25, 0.3) is 10.9 Å². The van der Waals surface area contributed by atoms with Gasteiger partial charge in [-0.2, -0.15) is 0 Å². The van der Waals surface area contributed by atoms with Crippen molar-refractivity contribution in [1.29, 1.82) is 0 Å². The molecule has 0 unspecified atom stereocenters. The molecule has 0 spiro atoms. The minimum atomic E-state index is -0.700. The maximum Gasteiger partial charge on any atom is 0.261 e. The highest BCUT2D eigenvalue weighted by molar-refractivity contribution is 5.76. The zero-order chi connectivity index (χ0) is 17.8. The molecule has 0 fully saturated rings.